The number of rotatable bonds is 3. The molecule has 4 N–H and O–H groups in total. The Morgan fingerprint density at radius 3 is 2.27 bits per heavy atom. The molecule has 3 aromatic heterocycles. The van der Waals surface area contributed by atoms with Crippen LogP contribution in [0.25, 0.3) is 33.5 Å². The van der Waals surface area contributed by atoms with Crippen LogP contribution in [0, 0.1) is 18.3 Å². The van der Waals surface area contributed by atoms with Crippen LogP contribution in [0.5, 0.6) is 0 Å². The minimum Gasteiger partial charge on any atom is -0.397 e. The van der Waals surface area contributed by atoms with Gasteiger partial charge in [-0.25, -0.2) is 9.67 Å². The number of fused-ring (bicyclic) bond motifs is 1. The van der Waals surface area contributed by atoms with Crippen LogP contribution in [0.2, 0.25) is 0 Å². The van der Waals surface area contributed by atoms with Crippen molar-refractivity contribution in [3.8, 4) is 28.6 Å². The molecule has 0 saturated carbocycles. The Labute approximate surface area is 189 Å². The fourth-order valence-electron chi connectivity index (χ4n) is 4.26. The Morgan fingerprint density at radius 1 is 1.00 bits per heavy atom. The highest BCUT2D eigenvalue weighted by Crippen LogP contribution is 2.38. The molecule has 8 nitrogen and oxygen atoms in total. The standard InChI is InChI=1S/C25H21N7O/c1-15-22(25(33)32(30(15)2)17-11-7-4-8-12-17)31-14-19(16-9-5-3-6-10-16)20-21(27)18(13-26)23(28)29-24(20)31/h3-12,14H,1-2H3,(H4,27,28,29). The summed E-state index contributed by atoms with van der Waals surface area (Å²) in [5, 5.41) is 10.2. The average molecular weight is 435 g/mol. The summed E-state index contributed by atoms with van der Waals surface area (Å²) in [6.07, 6.45) is 1.84. The van der Waals surface area contributed by atoms with E-state index in [-0.39, 0.29) is 22.6 Å². The molecule has 0 spiro atoms. The van der Waals surface area contributed by atoms with E-state index in [0.29, 0.717) is 16.7 Å². The van der Waals surface area contributed by atoms with Gasteiger partial charge in [0.05, 0.1) is 22.5 Å². The highest BCUT2D eigenvalue weighted by molar-refractivity contribution is 6.05. The van der Waals surface area contributed by atoms with Crippen LogP contribution in [0.1, 0.15) is 11.3 Å². The quantitative estimate of drug-likeness (QED) is 0.449. The molecule has 0 aliphatic carbocycles. The summed E-state index contributed by atoms with van der Waals surface area (Å²) in [7, 11) is 1.83. The van der Waals surface area contributed by atoms with E-state index in [0.717, 1.165) is 22.5 Å². The van der Waals surface area contributed by atoms with Gasteiger partial charge in [0.15, 0.2) is 0 Å². The van der Waals surface area contributed by atoms with Gasteiger partial charge in [0.1, 0.15) is 28.8 Å². The molecule has 8 heteroatoms. The predicted octanol–water partition coefficient (Wildman–Crippen LogP) is 3.53. The number of nitrogens with zero attached hydrogens (tertiary/aromatic N) is 5. The molecule has 0 amide bonds. The molecule has 5 rings (SSSR count). The Kier molecular flexibility index (Phi) is 4.53. The average Bonchev–Trinajstić information content (AvgIpc) is 3.29. The molecule has 0 radical (unpaired) electrons. The van der Waals surface area contributed by atoms with Crippen molar-refractivity contribution in [1.29, 1.82) is 5.26 Å². The smallest absolute Gasteiger partial charge is 0.295 e. The lowest BCUT2D eigenvalue weighted by atomic mass is 10.0. The number of anilines is 2. The van der Waals surface area contributed by atoms with E-state index in [2.05, 4.69) is 4.98 Å². The summed E-state index contributed by atoms with van der Waals surface area (Å²) >= 11 is 0. The third-order valence-corrected chi connectivity index (χ3v) is 5.96. The molecule has 5 aromatic rings. The van der Waals surface area contributed by atoms with Crippen molar-refractivity contribution in [3.05, 3.63) is 88.5 Å². The lowest BCUT2D eigenvalue weighted by Gasteiger charge is -2.07. The number of aromatic nitrogens is 4. The van der Waals surface area contributed by atoms with Crippen LogP contribution in [0.3, 0.4) is 0 Å². The van der Waals surface area contributed by atoms with Gasteiger partial charge < -0.3 is 11.5 Å². The molecule has 0 unspecified atom stereocenters. The number of para-hydroxylation sites is 1. The van der Waals surface area contributed by atoms with Crippen molar-refractivity contribution < 1.29 is 0 Å². The van der Waals surface area contributed by atoms with Gasteiger partial charge in [0.2, 0.25) is 0 Å². The Morgan fingerprint density at radius 2 is 1.64 bits per heavy atom. The molecule has 0 aliphatic heterocycles. The van der Waals surface area contributed by atoms with Crippen LogP contribution in [-0.4, -0.2) is 18.9 Å². The van der Waals surface area contributed by atoms with E-state index in [1.165, 1.54) is 0 Å². The molecule has 3 heterocycles. The van der Waals surface area contributed by atoms with Gasteiger partial charge in [-0.1, -0.05) is 48.5 Å². The van der Waals surface area contributed by atoms with Crippen molar-refractivity contribution in [3.63, 3.8) is 0 Å². The maximum absolute atomic E-state index is 13.7. The number of benzene rings is 2. The largest absolute Gasteiger partial charge is 0.397 e. The van der Waals surface area contributed by atoms with Gasteiger partial charge >= 0.3 is 0 Å². The van der Waals surface area contributed by atoms with Crippen LogP contribution < -0.4 is 17.0 Å². The lowest BCUT2D eigenvalue weighted by Crippen LogP contribution is -2.21. The Balaban J connectivity index is 1.90. The van der Waals surface area contributed by atoms with Crippen molar-refractivity contribution in [2.24, 2.45) is 7.05 Å². The van der Waals surface area contributed by atoms with E-state index in [4.69, 9.17) is 11.5 Å². The normalized spacial score (nSPS) is 11.1. The van der Waals surface area contributed by atoms with E-state index in [1.807, 2.05) is 86.9 Å². The molecular formula is C25H21N7O. The lowest BCUT2D eigenvalue weighted by molar-refractivity contribution is 0.630. The predicted molar refractivity (Wildman–Crippen MR) is 129 cm³/mol. The molecule has 0 bridgehead atoms. The minimum atomic E-state index is -0.207. The van der Waals surface area contributed by atoms with Crippen LogP contribution in [0.15, 0.2) is 71.7 Å². The van der Waals surface area contributed by atoms with E-state index >= 15 is 0 Å². The van der Waals surface area contributed by atoms with E-state index in [1.54, 1.807) is 13.9 Å². The van der Waals surface area contributed by atoms with Gasteiger partial charge in [-0.05, 0) is 24.6 Å². The summed E-state index contributed by atoms with van der Waals surface area (Å²) in [4.78, 5) is 18.2. The molecule has 0 aliphatic rings. The summed E-state index contributed by atoms with van der Waals surface area (Å²) < 4.78 is 5.13. The Hall–Kier alpha value is -4.77. The third kappa shape index (κ3) is 2.91. The molecule has 2 aromatic carbocycles. The van der Waals surface area contributed by atoms with Gasteiger partial charge in [-0.3, -0.25) is 14.0 Å². The van der Waals surface area contributed by atoms with Gasteiger partial charge in [-0.15, -0.1) is 0 Å². The molecule has 0 saturated heterocycles. The fourth-order valence-corrected chi connectivity index (χ4v) is 4.26. The number of nitrogens with two attached hydrogens (primary N) is 2. The summed E-state index contributed by atoms with van der Waals surface area (Å²) in [5.74, 6) is 0.0263. The first-order valence-electron chi connectivity index (χ1n) is 10.3. The first kappa shape index (κ1) is 20.2. The molecular weight excluding hydrogens is 414 g/mol. The van der Waals surface area contributed by atoms with Crippen LogP contribution >= 0.6 is 0 Å². The summed E-state index contributed by atoms with van der Waals surface area (Å²) in [5.41, 5.74) is 16.7. The summed E-state index contributed by atoms with van der Waals surface area (Å²) in [6.45, 7) is 1.88. The van der Waals surface area contributed by atoms with Gasteiger partial charge in [0, 0.05) is 18.8 Å². The molecule has 162 valence electrons. The second kappa shape index (κ2) is 7.43. The first-order valence-corrected chi connectivity index (χ1v) is 10.3. The SMILES string of the molecule is Cc1c(-n2cc(-c3ccccc3)c3c(N)c(C#N)c(N)nc32)c(=O)n(-c2ccccc2)n1C. The van der Waals surface area contributed by atoms with Crippen molar-refractivity contribution in [1.82, 2.24) is 18.9 Å². The van der Waals surface area contributed by atoms with Gasteiger partial charge in [0.25, 0.3) is 5.56 Å². The number of nitriles is 1. The maximum Gasteiger partial charge on any atom is 0.295 e. The molecule has 0 fully saturated rings. The number of hydrogen-bond donors (Lipinski definition) is 2. The third-order valence-electron chi connectivity index (χ3n) is 5.96. The van der Waals surface area contributed by atoms with E-state index < -0.39 is 0 Å². The minimum absolute atomic E-state index is 0.0263. The van der Waals surface area contributed by atoms with Crippen LogP contribution in [-0.2, 0) is 7.05 Å². The zero-order chi connectivity index (χ0) is 23.3. The summed E-state index contributed by atoms with van der Waals surface area (Å²) in [6, 6.07) is 21.1. The monoisotopic (exact) mass is 435 g/mol. The zero-order valence-electron chi connectivity index (χ0n) is 18.1. The highest BCUT2D eigenvalue weighted by Gasteiger charge is 2.24. The van der Waals surface area contributed by atoms with E-state index in [9.17, 15) is 10.1 Å². The fraction of sp³-hybridized carbons (Fsp3) is 0.0800. The number of pyridine rings is 1. The second-order valence-electron chi connectivity index (χ2n) is 7.79. The molecule has 33 heavy (non-hydrogen) atoms. The van der Waals surface area contributed by atoms with Crippen molar-refractivity contribution >= 4 is 22.5 Å². The topological polar surface area (TPSA) is 121 Å². The second-order valence-corrected chi connectivity index (χ2v) is 7.79. The number of nitrogen functional groups attached to an aromatic ring is 2. The number of hydrogen-bond acceptors (Lipinski definition) is 5. The van der Waals surface area contributed by atoms with Gasteiger partial charge in [-0.2, -0.15) is 5.26 Å². The highest BCUT2D eigenvalue weighted by atomic mass is 16.1. The molecule has 0 atom stereocenters. The maximum atomic E-state index is 13.7. The first-order chi connectivity index (χ1) is 15.9. The Bertz CT molecular complexity index is 1620. The van der Waals surface area contributed by atoms with Crippen molar-refractivity contribution in [2.45, 2.75) is 6.92 Å². The van der Waals surface area contributed by atoms with Crippen LogP contribution in [0.4, 0.5) is 11.5 Å². The zero-order valence-corrected chi connectivity index (χ0v) is 18.1. The van der Waals surface area contributed by atoms with Crippen molar-refractivity contribution in [2.75, 3.05) is 11.5 Å².